The standard InChI is InChI=1S/C11H9N3O4/c15-10(8-3-4-9(18-8)11(16)17)12-6-7-2-1-5-13-14-7/h1-5H,6H2,(H,12,15)(H,16,17). The Morgan fingerprint density at radius 2 is 2.06 bits per heavy atom. The summed E-state index contributed by atoms with van der Waals surface area (Å²) in [7, 11) is 0. The molecule has 7 nitrogen and oxygen atoms in total. The van der Waals surface area contributed by atoms with Crippen LogP contribution in [0.25, 0.3) is 0 Å². The van der Waals surface area contributed by atoms with Gasteiger partial charge < -0.3 is 14.8 Å². The van der Waals surface area contributed by atoms with E-state index in [1.54, 1.807) is 12.1 Å². The Balaban J connectivity index is 1.97. The zero-order valence-electron chi connectivity index (χ0n) is 9.16. The Hall–Kier alpha value is -2.70. The van der Waals surface area contributed by atoms with Crippen LogP contribution >= 0.6 is 0 Å². The van der Waals surface area contributed by atoms with Gasteiger partial charge in [0.15, 0.2) is 5.76 Å². The average Bonchev–Trinajstić information content (AvgIpc) is 2.87. The van der Waals surface area contributed by atoms with Crippen LogP contribution in [-0.4, -0.2) is 27.2 Å². The average molecular weight is 247 g/mol. The second kappa shape index (κ2) is 5.09. The lowest BCUT2D eigenvalue weighted by atomic mass is 10.3. The number of rotatable bonds is 4. The number of carbonyl (C=O) groups excluding carboxylic acids is 1. The van der Waals surface area contributed by atoms with Crippen LogP contribution in [0.1, 0.15) is 26.8 Å². The normalized spacial score (nSPS) is 10.0. The molecule has 1 amide bonds. The molecule has 2 aromatic heterocycles. The highest BCUT2D eigenvalue weighted by atomic mass is 16.4. The van der Waals surface area contributed by atoms with Crippen LogP contribution in [-0.2, 0) is 6.54 Å². The number of aromatic nitrogens is 2. The van der Waals surface area contributed by atoms with Gasteiger partial charge >= 0.3 is 5.97 Å². The first-order chi connectivity index (χ1) is 8.66. The third kappa shape index (κ3) is 2.70. The van der Waals surface area contributed by atoms with Gasteiger partial charge in [0.2, 0.25) is 5.76 Å². The summed E-state index contributed by atoms with van der Waals surface area (Å²) in [5.74, 6) is -2.06. The van der Waals surface area contributed by atoms with Crippen molar-refractivity contribution in [1.82, 2.24) is 15.5 Å². The third-order valence-corrected chi connectivity index (χ3v) is 2.10. The SMILES string of the molecule is O=C(O)c1ccc(C(=O)NCc2cccnn2)o1. The molecule has 2 rings (SSSR count). The van der Waals surface area contributed by atoms with Crippen LogP contribution < -0.4 is 5.32 Å². The van der Waals surface area contributed by atoms with Crippen molar-refractivity contribution in [2.45, 2.75) is 6.54 Å². The molecule has 0 spiro atoms. The molecule has 0 unspecified atom stereocenters. The molecule has 0 aliphatic carbocycles. The van der Waals surface area contributed by atoms with Gasteiger partial charge in [0.1, 0.15) is 0 Å². The van der Waals surface area contributed by atoms with E-state index in [4.69, 9.17) is 9.52 Å². The van der Waals surface area contributed by atoms with Gasteiger partial charge in [0, 0.05) is 6.20 Å². The van der Waals surface area contributed by atoms with Crippen LogP contribution in [0.3, 0.4) is 0 Å². The van der Waals surface area contributed by atoms with Gasteiger partial charge in [-0.3, -0.25) is 4.79 Å². The van der Waals surface area contributed by atoms with E-state index in [9.17, 15) is 9.59 Å². The number of carboxylic acids is 1. The summed E-state index contributed by atoms with van der Waals surface area (Å²) in [6, 6.07) is 5.93. The Bertz CT molecular complexity index is 565. The first kappa shape index (κ1) is 11.8. The van der Waals surface area contributed by atoms with Gasteiger partial charge in [-0.25, -0.2) is 4.79 Å². The van der Waals surface area contributed by atoms with Crippen LogP contribution in [0.4, 0.5) is 0 Å². The number of nitrogens with one attached hydrogen (secondary N) is 1. The van der Waals surface area contributed by atoms with Crippen molar-refractivity contribution in [3.8, 4) is 0 Å². The molecule has 0 aliphatic rings. The molecule has 2 N–H and O–H groups in total. The largest absolute Gasteiger partial charge is 0.475 e. The molecule has 0 aliphatic heterocycles. The van der Waals surface area contributed by atoms with Gasteiger partial charge in [-0.2, -0.15) is 10.2 Å². The van der Waals surface area contributed by atoms with E-state index in [2.05, 4.69) is 15.5 Å². The van der Waals surface area contributed by atoms with E-state index < -0.39 is 11.9 Å². The highest BCUT2D eigenvalue weighted by Gasteiger charge is 2.14. The van der Waals surface area contributed by atoms with Crippen molar-refractivity contribution < 1.29 is 19.1 Å². The summed E-state index contributed by atoms with van der Waals surface area (Å²) in [4.78, 5) is 22.2. The van der Waals surface area contributed by atoms with Crippen molar-refractivity contribution in [2.24, 2.45) is 0 Å². The van der Waals surface area contributed by atoms with Crippen LogP contribution in [0.15, 0.2) is 34.9 Å². The second-order valence-corrected chi connectivity index (χ2v) is 3.37. The van der Waals surface area contributed by atoms with E-state index in [-0.39, 0.29) is 18.1 Å². The van der Waals surface area contributed by atoms with Gasteiger partial charge in [-0.15, -0.1) is 0 Å². The molecular formula is C11H9N3O4. The van der Waals surface area contributed by atoms with Gasteiger partial charge in [-0.05, 0) is 24.3 Å². The fraction of sp³-hybridized carbons (Fsp3) is 0.0909. The Morgan fingerprint density at radius 3 is 2.67 bits per heavy atom. The number of nitrogens with zero attached hydrogens (tertiary/aromatic N) is 2. The molecule has 7 heteroatoms. The van der Waals surface area contributed by atoms with Crippen molar-refractivity contribution in [3.63, 3.8) is 0 Å². The Kier molecular flexibility index (Phi) is 3.33. The van der Waals surface area contributed by atoms with Crippen molar-refractivity contribution in [2.75, 3.05) is 0 Å². The maximum Gasteiger partial charge on any atom is 0.371 e. The Labute approximate surface area is 101 Å². The van der Waals surface area contributed by atoms with E-state index >= 15 is 0 Å². The maximum atomic E-state index is 11.6. The fourth-order valence-corrected chi connectivity index (χ4v) is 1.26. The van der Waals surface area contributed by atoms with E-state index in [1.807, 2.05) is 0 Å². The van der Waals surface area contributed by atoms with Crippen LogP contribution in [0.5, 0.6) is 0 Å². The second-order valence-electron chi connectivity index (χ2n) is 3.37. The first-order valence-corrected chi connectivity index (χ1v) is 5.05. The van der Waals surface area contributed by atoms with Crippen LogP contribution in [0.2, 0.25) is 0 Å². The van der Waals surface area contributed by atoms with Crippen molar-refractivity contribution in [1.29, 1.82) is 0 Å². The van der Waals surface area contributed by atoms with E-state index in [0.717, 1.165) is 0 Å². The summed E-state index contributed by atoms with van der Waals surface area (Å²) < 4.78 is 4.85. The molecule has 0 radical (unpaired) electrons. The molecule has 2 aromatic rings. The number of hydrogen-bond acceptors (Lipinski definition) is 5. The number of amides is 1. The minimum atomic E-state index is -1.22. The molecule has 92 valence electrons. The predicted octanol–water partition coefficient (Wildman–Crippen LogP) is 0.698. The molecule has 0 fully saturated rings. The quantitative estimate of drug-likeness (QED) is 0.823. The first-order valence-electron chi connectivity index (χ1n) is 5.05. The lowest BCUT2D eigenvalue weighted by Gasteiger charge is -2.01. The third-order valence-electron chi connectivity index (χ3n) is 2.10. The molecule has 0 saturated heterocycles. The smallest absolute Gasteiger partial charge is 0.371 e. The number of hydrogen-bond donors (Lipinski definition) is 2. The maximum absolute atomic E-state index is 11.6. The molecule has 18 heavy (non-hydrogen) atoms. The number of aromatic carboxylic acids is 1. The lowest BCUT2D eigenvalue weighted by molar-refractivity contribution is 0.0659. The summed E-state index contributed by atoms with van der Waals surface area (Å²) >= 11 is 0. The highest BCUT2D eigenvalue weighted by Crippen LogP contribution is 2.07. The Morgan fingerprint density at radius 1 is 1.28 bits per heavy atom. The molecule has 2 heterocycles. The fourth-order valence-electron chi connectivity index (χ4n) is 1.26. The summed E-state index contributed by atoms with van der Waals surface area (Å²) in [6.07, 6.45) is 1.52. The molecule has 0 atom stereocenters. The zero-order valence-corrected chi connectivity index (χ0v) is 9.16. The molecular weight excluding hydrogens is 238 g/mol. The highest BCUT2D eigenvalue weighted by molar-refractivity contribution is 5.93. The number of furan rings is 1. The van der Waals surface area contributed by atoms with E-state index in [1.165, 1.54) is 18.3 Å². The van der Waals surface area contributed by atoms with Crippen molar-refractivity contribution >= 4 is 11.9 Å². The number of carboxylic acid groups (broad SMARTS) is 1. The predicted molar refractivity (Wildman–Crippen MR) is 58.9 cm³/mol. The summed E-state index contributed by atoms with van der Waals surface area (Å²) in [5.41, 5.74) is 0.593. The minimum absolute atomic E-state index is 0.0590. The topological polar surface area (TPSA) is 105 Å². The van der Waals surface area contributed by atoms with Crippen LogP contribution in [0, 0.1) is 0 Å². The molecule has 0 saturated carbocycles. The molecule has 0 bridgehead atoms. The van der Waals surface area contributed by atoms with Gasteiger partial charge in [0.25, 0.3) is 5.91 Å². The van der Waals surface area contributed by atoms with E-state index in [0.29, 0.717) is 5.69 Å². The van der Waals surface area contributed by atoms with Gasteiger partial charge in [0.05, 0.1) is 12.2 Å². The van der Waals surface area contributed by atoms with Gasteiger partial charge in [-0.1, -0.05) is 0 Å². The molecule has 0 aromatic carbocycles. The lowest BCUT2D eigenvalue weighted by Crippen LogP contribution is -2.22. The monoisotopic (exact) mass is 247 g/mol. The minimum Gasteiger partial charge on any atom is -0.475 e. The summed E-state index contributed by atoms with van der Waals surface area (Å²) in [6.45, 7) is 0.190. The summed E-state index contributed by atoms with van der Waals surface area (Å²) in [5, 5.41) is 18.6. The zero-order chi connectivity index (χ0) is 13.0. The number of carbonyl (C=O) groups is 2. The van der Waals surface area contributed by atoms with Crippen molar-refractivity contribution in [3.05, 3.63) is 47.7 Å².